The predicted octanol–water partition coefficient (Wildman–Crippen LogP) is 2.81. The van der Waals surface area contributed by atoms with E-state index in [0.717, 1.165) is 37.1 Å². The number of nitrogens with one attached hydrogen (secondary N) is 1. The number of allylic oxidation sites excluding steroid dienone is 1. The van der Waals surface area contributed by atoms with Gasteiger partial charge < -0.3 is 10.1 Å². The second-order valence-corrected chi connectivity index (χ2v) is 4.34. The molecule has 0 spiro atoms. The highest BCUT2D eigenvalue weighted by atomic mass is 19.1. The first kappa shape index (κ1) is 12.1. The summed E-state index contributed by atoms with van der Waals surface area (Å²) in [6.07, 6.45) is 3.90. The fourth-order valence-electron chi connectivity index (χ4n) is 2.33. The monoisotopic (exact) mass is 235 g/mol. The molecule has 1 aliphatic rings. The van der Waals surface area contributed by atoms with E-state index in [4.69, 9.17) is 4.74 Å². The SMILES string of the molecule is COC=C(c1cccc(F)c1)C1CCNCC1. The third-order valence-electron chi connectivity index (χ3n) is 3.18. The minimum absolute atomic E-state index is 0.196. The average molecular weight is 235 g/mol. The zero-order valence-corrected chi connectivity index (χ0v) is 10.1. The van der Waals surface area contributed by atoms with Crippen LogP contribution in [0.25, 0.3) is 5.57 Å². The highest BCUT2D eigenvalue weighted by molar-refractivity contribution is 5.66. The summed E-state index contributed by atoms with van der Waals surface area (Å²) in [5, 5.41) is 3.33. The van der Waals surface area contributed by atoms with E-state index >= 15 is 0 Å². The van der Waals surface area contributed by atoms with E-state index in [0.29, 0.717) is 5.92 Å². The van der Waals surface area contributed by atoms with E-state index in [2.05, 4.69) is 5.32 Å². The molecule has 1 N–H and O–H groups in total. The van der Waals surface area contributed by atoms with Crippen LogP contribution in [0.3, 0.4) is 0 Å². The zero-order valence-electron chi connectivity index (χ0n) is 10.1. The number of ether oxygens (including phenoxy) is 1. The third kappa shape index (κ3) is 3.07. The van der Waals surface area contributed by atoms with Gasteiger partial charge in [-0.15, -0.1) is 0 Å². The van der Waals surface area contributed by atoms with Crippen LogP contribution in [0, 0.1) is 11.7 Å². The van der Waals surface area contributed by atoms with Crippen molar-refractivity contribution >= 4 is 5.57 Å². The maximum absolute atomic E-state index is 13.3. The Bertz CT molecular complexity index is 397. The van der Waals surface area contributed by atoms with Crippen molar-refractivity contribution in [3.8, 4) is 0 Å². The van der Waals surface area contributed by atoms with Gasteiger partial charge in [0.05, 0.1) is 13.4 Å². The minimum atomic E-state index is -0.196. The molecule has 0 atom stereocenters. The molecule has 92 valence electrons. The second kappa shape index (κ2) is 5.82. The lowest BCUT2D eigenvalue weighted by molar-refractivity contribution is 0.333. The molecule has 0 bridgehead atoms. The molecule has 1 heterocycles. The van der Waals surface area contributed by atoms with Crippen molar-refractivity contribution in [2.45, 2.75) is 12.8 Å². The van der Waals surface area contributed by atoms with Gasteiger partial charge in [-0.3, -0.25) is 0 Å². The molecule has 1 aliphatic heterocycles. The Hall–Kier alpha value is -1.35. The van der Waals surface area contributed by atoms with Crippen LogP contribution in [-0.2, 0) is 4.74 Å². The number of hydrogen-bond donors (Lipinski definition) is 1. The first-order valence-electron chi connectivity index (χ1n) is 6.01. The number of hydrogen-bond acceptors (Lipinski definition) is 2. The molecule has 1 aromatic carbocycles. The fourth-order valence-corrected chi connectivity index (χ4v) is 2.33. The molecule has 0 radical (unpaired) electrons. The highest BCUT2D eigenvalue weighted by Crippen LogP contribution is 2.30. The summed E-state index contributed by atoms with van der Waals surface area (Å²) in [6, 6.07) is 6.73. The van der Waals surface area contributed by atoms with Crippen LogP contribution in [0.1, 0.15) is 18.4 Å². The van der Waals surface area contributed by atoms with E-state index in [9.17, 15) is 4.39 Å². The van der Waals surface area contributed by atoms with Gasteiger partial charge in [0.25, 0.3) is 0 Å². The van der Waals surface area contributed by atoms with Crippen LogP contribution in [0.5, 0.6) is 0 Å². The van der Waals surface area contributed by atoms with Gasteiger partial charge in [-0.05, 0) is 55.1 Å². The van der Waals surface area contributed by atoms with Crippen molar-refractivity contribution in [1.29, 1.82) is 0 Å². The molecular weight excluding hydrogens is 217 g/mol. The first-order valence-corrected chi connectivity index (χ1v) is 6.01. The number of rotatable bonds is 3. The Labute approximate surface area is 101 Å². The smallest absolute Gasteiger partial charge is 0.123 e. The fraction of sp³-hybridized carbons (Fsp3) is 0.429. The Balaban J connectivity index is 2.25. The Morgan fingerprint density at radius 3 is 2.82 bits per heavy atom. The number of methoxy groups -OCH3 is 1. The maximum atomic E-state index is 13.3. The van der Waals surface area contributed by atoms with Crippen molar-refractivity contribution in [2.24, 2.45) is 5.92 Å². The molecule has 0 aliphatic carbocycles. The van der Waals surface area contributed by atoms with Gasteiger partial charge in [-0.25, -0.2) is 4.39 Å². The van der Waals surface area contributed by atoms with Crippen LogP contribution < -0.4 is 5.32 Å². The molecule has 1 saturated heterocycles. The van der Waals surface area contributed by atoms with Gasteiger partial charge in [0.2, 0.25) is 0 Å². The van der Waals surface area contributed by atoms with Crippen LogP contribution >= 0.6 is 0 Å². The van der Waals surface area contributed by atoms with E-state index in [1.165, 1.54) is 6.07 Å². The van der Waals surface area contributed by atoms with Crippen LogP contribution in [0.4, 0.5) is 4.39 Å². The quantitative estimate of drug-likeness (QED) is 0.813. The lowest BCUT2D eigenvalue weighted by Gasteiger charge is -2.25. The van der Waals surface area contributed by atoms with Crippen molar-refractivity contribution in [1.82, 2.24) is 5.32 Å². The molecule has 1 fully saturated rings. The minimum Gasteiger partial charge on any atom is -0.504 e. The van der Waals surface area contributed by atoms with E-state index in [-0.39, 0.29) is 5.82 Å². The Kier molecular flexibility index (Phi) is 4.15. The maximum Gasteiger partial charge on any atom is 0.123 e. The van der Waals surface area contributed by atoms with Crippen molar-refractivity contribution in [3.05, 3.63) is 41.9 Å². The number of benzene rings is 1. The molecule has 17 heavy (non-hydrogen) atoms. The van der Waals surface area contributed by atoms with Crippen LogP contribution in [-0.4, -0.2) is 20.2 Å². The first-order chi connectivity index (χ1) is 8.31. The highest BCUT2D eigenvalue weighted by Gasteiger charge is 2.19. The summed E-state index contributed by atoms with van der Waals surface area (Å²) in [7, 11) is 1.64. The van der Waals surface area contributed by atoms with E-state index < -0.39 is 0 Å². The molecule has 1 aromatic rings. The summed E-state index contributed by atoms with van der Waals surface area (Å²) >= 11 is 0. The summed E-state index contributed by atoms with van der Waals surface area (Å²) in [6.45, 7) is 2.03. The predicted molar refractivity (Wildman–Crippen MR) is 67.0 cm³/mol. The standard InChI is InChI=1S/C14H18FNO/c1-17-10-14(11-5-7-16-8-6-11)12-3-2-4-13(15)9-12/h2-4,9-11,16H,5-8H2,1H3. The molecule has 2 nitrogen and oxygen atoms in total. The van der Waals surface area contributed by atoms with Crippen LogP contribution in [0.2, 0.25) is 0 Å². The molecular formula is C14H18FNO. The van der Waals surface area contributed by atoms with Crippen molar-refractivity contribution in [3.63, 3.8) is 0 Å². The van der Waals surface area contributed by atoms with Gasteiger partial charge in [0.15, 0.2) is 0 Å². The lowest BCUT2D eigenvalue weighted by Crippen LogP contribution is -2.28. The molecule has 2 rings (SSSR count). The third-order valence-corrected chi connectivity index (χ3v) is 3.18. The largest absolute Gasteiger partial charge is 0.504 e. The summed E-state index contributed by atoms with van der Waals surface area (Å²) in [5.41, 5.74) is 2.03. The Morgan fingerprint density at radius 1 is 1.41 bits per heavy atom. The normalized spacial score (nSPS) is 18.1. The summed E-state index contributed by atoms with van der Waals surface area (Å²) < 4.78 is 18.4. The molecule has 0 aromatic heterocycles. The van der Waals surface area contributed by atoms with Gasteiger partial charge in [-0.1, -0.05) is 12.1 Å². The van der Waals surface area contributed by atoms with E-state index in [1.807, 2.05) is 6.07 Å². The second-order valence-electron chi connectivity index (χ2n) is 4.34. The molecule has 0 amide bonds. The molecule has 0 saturated carbocycles. The van der Waals surface area contributed by atoms with Crippen molar-refractivity contribution in [2.75, 3.05) is 20.2 Å². The van der Waals surface area contributed by atoms with Crippen molar-refractivity contribution < 1.29 is 9.13 Å². The van der Waals surface area contributed by atoms with E-state index in [1.54, 1.807) is 25.5 Å². The summed E-state index contributed by atoms with van der Waals surface area (Å²) in [4.78, 5) is 0. The number of halogens is 1. The lowest BCUT2D eigenvalue weighted by atomic mass is 9.86. The zero-order chi connectivity index (χ0) is 12.1. The summed E-state index contributed by atoms with van der Waals surface area (Å²) in [5.74, 6) is 0.261. The van der Waals surface area contributed by atoms with Crippen LogP contribution in [0.15, 0.2) is 30.5 Å². The molecule has 3 heteroatoms. The average Bonchev–Trinajstić information content (AvgIpc) is 2.37. The number of piperidine rings is 1. The topological polar surface area (TPSA) is 21.3 Å². The Morgan fingerprint density at radius 2 is 2.18 bits per heavy atom. The van der Waals surface area contributed by atoms with Gasteiger partial charge in [0.1, 0.15) is 5.82 Å². The van der Waals surface area contributed by atoms with Gasteiger partial charge in [0, 0.05) is 0 Å². The van der Waals surface area contributed by atoms with Gasteiger partial charge in [-0.2, -0.15) is 0 Å². The van der Waals surface area contributed by atoms with Gasteiger partial charge >= 0.3 is 0 Å². The molecule has 0 unspecified atom stereocenters.